The molecule has 0 saturated heterocycles. The molecule has 1 aromatic rings. The molecule has 0 aliphatic heterocycles. The summed E-state index contributed by atoms with van der Waals surface area (Å²) in [6, 6.07) is 5.22. The zero-order valence-corrected chi connectivity index (χ0v) is 8.34. The summed E-state index contributed by atoms with van der Waals surface area (Å²) >= 11 is 3.30. The van der Waals surface area contributed by atoms with E-state index in [2.05, 4.69) is 20.8 Å². The minimum Gasteiger partial charge on any atom is -0.293 e. The van der Waals surface area contributed by atoms with Gasteiger partial charge in [-0.1, -0.05) is 34.1 Å². The van der Waals surface area contributed by atoms with Crippen LogP contribution in [0.5, 0.6) is 0 Å². The number of hydrogen-bond acceptors (Lipinski definition) is 1. The fourth-order valence-electron chi connectivity index (χ4n) is 1.51. The maximum absolute atomic E-state index is 11.5. The number of carbonyl (C=O) groups excluding carboxylic acids is 1. The van der Waals surface area contributed by atoms with E-state index in [1.165, 1.54) is 0 Å². The van der Waals surface area contributed by atoms with E-state index in [0.717, 1.165) is 11.1 Å². The van der Waals surface area contributed by atoms with Crippen LogP contribution in [-0.2, 0) is 6.42 Å². The number of alkyl halides is 1. The monoisotopic (exact) mass is 235 g/mol. The smallest absolute Gasteiger partial charge is 0.187 e. The summed E-state index contributed by atoms with van der Waals surface area (Å²) in [4.78, 5) is 14.7. The highest BCUT2D eigenvalue weighted by molar-refractivity contribution is 9.10. The average molecular weight is 236 g/mol. The predicted octanol–water partition coefficient (Wildman–Crippen LogP) is 2.74. The Balaban J connectivity index is 2.54. The van der Waals surface area contributed by atoms with Gasteiger partial charge in [-0.05, 0) is 12.0 Å². The first-order valence-electron chi connectivity index (χ1n) is 3.91. The van der Waals surface area contributed by atoms with E-state index < -0.39 is 0 Å². The molecule has 3 heteroatoms. The summed E-state index contributed by atoms with van der Waals surface area (Å²) in [5, 5.41) is 0. The molecule has 0 spiro atoms. The van der Waals surface area contributed by atoms with E-state index in [1.807, 2.05) is 0 Å². The van der Waals surface area contributed by atoms with Crippen LogP contribution in [0.2, 0.25) is 0 Å². The van der Waals surface area contributed by atoms with Gasteiger partial charge in [0.05, 0.1) is 11.4 Å². The topological polar surface area (TPSA) is 21.4 Å². The molecule has 2 nitrogen and oxygen atoms in total. The third-order valence-corrected chi connectivity index (χ3v) is 2.91. The second-order valence-corrected chi connectivity index (χ2v) is 4.09. The number of halogens is 1. The van der Waals surface area contributed by atoms with Gasteiger partial charge in [0.1, 0.15) is 0 Å². The van der Waals surface area contributed by atoms with Crippen molar-refractivity contribution in [3.8, 4) is 0 Å². The molecule has 0 fully saturated rings. The Morgan fingerprint density at radius 1 is 1.54 bits per heavy atom. The van der Waals surface area contributed by atoms with Crippen LogP contribution in [0.15, 0.2) is 18.2 Å². The zero-order valence-electron chi connectivity index (χ0n) is 6.75. The molecule has 1 aliphatic rings. The Hall–Kier alpha value is -1.14. The Bertz CT molecular complexity index is 419. The molecule has 64 valence electrons. The molecular weight excluding hydrogens is 230 g/mol. The van der Waals surface area contributed by atoms with Crippen LogP contribution in [-0.4, -0.2) is 10.6 Å². The molecule has 1 aliphatic carbocycles. The van der Waals surface area contributed by atoms with E-state index in [9.17, 15) is 4.79 Å². The third kappa shape index (κ3) is 1.27. The highest BCUT2D eigenvalue weighted by Crippen LogP contribution is 2.29. The molecule has 1 unspecified atom stereocenters. The summed E-state index contributed by atoms with van der Waals surface area (Å²) < 4.78 is 0. The van der Waals surface area contributed by atoms with Crippen molar-refractivity contribution in [2.45, 2.75) is 11.2 Å². The number of carbonyl (C=O) groups is 1. The van der Waals surface area contributed by atoms with Gasteiger partial charge in [-0.2, -0.15) is 0 Å². The van der Waals surface area contributed by atoms with Crippen LogP contribution in [0.3, 0.4) is 0 Å². The highest BCUT2D eigenvalue weighted by Gasteiger charge is 2.27. The summed E-state index contributed by atoms with van der Waals surface area (Å²) in [6.07, 6.45) is 0.706. The number of hydrogen-bond donors (Lipinski definition) is 0. The van der Waals surface area contributed by atoms with Crippen LogP contribution < -0.4 is 0 Å². The predicted molar refractivity (Wildman–Crippen MR) is 53.5 cm³/mol. The van der Waals surface area contributed by atoms with Gasteiger partial charge in [-0.3, -0.25) is 4.79 Å². The molecule has 0 N–H and O–H groups in total. The van der Waals surface area contributed by atoms with Crippen molar-refractivity contribution < 1.29 is 4.79 Å². The Morgan fingerprint density at radius 2 is 2.31 bits per heavy atom. The van der Waals surface area contributed by atoms with E-state index in [-0.39, 0.29) is 10.6 Å². The lowest BCUT2D eigenvalue weighted by Crippen LogP contribution is -2.05. The van der Waals surface area contributed by atoms with E-state index >= 15 is 0 Å². The van der Waals surface area contributed by atoms with Gasteiger partial charge in [0.15, 0.2) is 11.5 Å². The van der Waals surface area contributed by atoms with Crippen LogP contribution >= 0.6 is 15.9 Å². The standard InChI is InChI=1S/C10H6BrNO/c1-12-7-2-3-8-6(4-7)5-9(11)10(8)13/h2-4,9H,5H2. The third-order valence-electron chi connectivity index (χ3n) is 2.17. The van der Waals surface area contributed by atoms with E-state index in [0.29, 0.717) is 12.1 Å². The normalized spacial score (nSPS) is 19.7. The summed E-state index contributed by atoms with van der Waals surface area (Å²) in [6.45, 7) is 6.84. The molecule has 0 saturated carbocycles. The van der Waals surface area contributed by atoms with Crippen molar-refractivity contribution in [1.82, 2.24) is 0 Å². The van der Waals surface area contributed by atoms with Crippen molar-refractivity contribution in [2.24, 2.45) is 0 Å². The second kappa shape index (κ2) is 2.97. The van der Waals surface area contributed by atoms with E-state index in [4.69, 9.17) is 6.57 Å². The maximum Gasteiger partial charge on any atom is 0.187 e. The molecule has 0 heterocycles. The van der Waals surface area contributed by atoms with Gasteiger partial charge >= 0.3 is 0 Å². The van der Waals surface area contributed by atoms with Gasteiger partial charge in [-0.25, -0.2) is 4.85 Å². The first-order valence-corrected chi connectivity index (χ1v) is 4.82. The van der Waals surface area contributed by atoms with Gasteiger partial charge in [0.25, 0.3) is 0 Å². The number of nitrogens with zero attached hydrogens (tertiary/aromatic N) is 1. The van der Waals surface area contributed by atoms with Gasteiger partial charge < -0.3 is 0 Å². The van der Waals surface area contributed by atoms with Gasteiger partial charge in [0, 0.05) is 5.56 Å². The van der Waals surface area contributed by atoms with Crippen molar-refractivity contribution in [3.63, 3.8) is 0 Å². The van der Waals surface area contributed by atoms with Crippen LogP contribution in [0.25, 0.3) is 4.85 Å². The van der Waals surface area contributed by atoms with Crippen LogP contribution in [0, 0.1) is 6.57 Å². The highest BCUT2D eigenvalue weighted by atomic mass is 79.9. The molecule has 0 aromatic heterocycles. The van der Waals surface area contributed by atoms with Crippen LogP contribution in [0.4, 0.5) is 5.69 Å². The van der Waals surface area contributed by atoms with Crippen molar-refractivity contribution in [3.05, 3.63) is 40.7 Å². The lowest BCUT2D eigenvalue weighted by molar-refractivity contribution is 0.100. The number of rotatable bonds is 0. The molecule has 0 radical (unpaired) electrons. The number of benzene rings is 1. The first kappa shape index (κ1) is 8.46. The van der Waals surface area contributed by atoms with Gasteiger partial charge in [-0.15, -0.1) is 0 Å². The summed E-state index contributed by atoms with van der Waals surface area (Å²) in [7, 11) is 0. The Labute approximate surface area is 84.5 Å². The number of fused-ring (bicyclic) bond motifs is 1. The Kier molecular flexibility index (Phi) is 1.93. The summed E-state index contributed by atoms with van der Waals surface area (Å²) in [5.41, 5.74) is 2.35. The van der Waals surface area contributed by atoms with Crippen molar-refractivity contribution >= 4 is 27.4 Å². The molecular formula is C10H6BrNO. The number of Topliss-reactive ketones (excluding diaryl/α,β-unsaturated/α-hetero) is 1. The number of ketones is 1. The minimum absolute atomic E-state index is 0.0940. The maximum atomic E-state index is 11.5. The largest absolute Gasteiger partial charge is 0.293 e. The Morgan fingerprint density at radius 3 is 3.00 bits per heavy atom. The van der Waals surface area contributed by atoms with Crippen LogP contribution in [0.1, 0.15) is 15.9 Å². The second-order valence-electron chi connectivity index (χ2n) is 2.99. The van der Waals surface area contributed by atoms with E-state index in [1.54, 1.807) is 18.2 Å². The molecule has 13 heavy (non-hydrogen) atoms. The molecule has 1 aromatic carbocycles. The van der Waals surface area contributed by atoms with Crippen molar-refractivity contribution in [2.75, 3.05) is 0 Å². The lowest BCUT2D eigenvalue weighted by Gasteiger charge is -1.95. The zero-order chi connectivity index (χ0) is 9.42. The quantitative estimate of drug-likeness (QED) is 0.501. The summed E-state index contributed by atoms with van der Waals surface area (Å²) in [5.74, 6) is 0.131. The average Bonchev–Trinajstić information content (AvgIpc) is 2.42. The fourth-order valence-corrected chi connectivity index (χ4v) is 2.11. The SMILES string of the molecule is [C-]#[N+]c1ccc2c(c1)CC(Br)C2=O. The molecule has 0 bridgehead atoms. The van der Waals surface area contributed by atoms with Crippen molar-refractivity contribution in [1.29, 1.82) is 0 Å². The lowest BCUT2D eigenvalue weighted by atomic mass is 10.1. The molecule has 2 rings (SSSR count). The fraction of sp³-hybridized carbons (Fsp3) is 0.200. The minimum atomic E-state index is -0.0940. The molecule has 1 atom stereocenters. The first-order chi connectivity index (χ1) is 6.22. The van der Waals surface area contributed by atoms with Gasteiger partial charge in [0.2, 0.25) is 0 Å². The molecule has 0 amide bonds.